The summed E-state index contributed by atoms with van der Waals surface area (Å²) in [6.45, 7) is 9.11. The van der Waals surface area contributed by atoms with Crippen molar-refractivity contribution in [1.29, 1.82) is 0 Å². The van der Waals surface area contributed by atoms with E-state index in [0.717, 1.165) is 0 Å². The molecule has 0 aromatic carbocycles. The standard InChI is InChI=1S/C12H21N5O2/c1-8(12(2,3)4)6-14-10-9(17(18)19)7-15-11(13-5)16-10/h7-8H,6H2,1-5H3,(H2,13,14,15,16). The van der Waals surface area contributed by atoms with Crippen molar-refractivity contribution in [3.8, 4) is 0 Å². The molecule has 0 amide bonds. The third-order valence-corrected chi connectivity index (χ3v) is 3.24. The Morgan fingerprint density at radius 3 is 2.58 bits per heavy atom. The van der Waals surface area contributed by atoms with E-state index in [1.165, 1.54) is 6.20 Å². The highest BCUT2D eigenvalue weighted by Crippen LogP contribution is 2.27. The molecule has 0 aliphatic heterocycles. The van der Waals surface area contributed by atoms with Crippen molar-refractivity contribution in [2.45, 2.75) is 27.7 Å². The Labute approximate surface area is 113 Å². The summed E-state index contributed by atoms with van der Waals surface area (Å²) in [6, 6.07) is 0. The van der Waals surface area contributed by atoms with Gasteiger partial charge in [-0.05, 0) is 11.3 Å². The molecular formula is C12H21N5O2. The highest BCUT2D eigenvalue weighted by atomic mass is 16.6. The quantitative estimate of drug-likeness (QED) is 0.629. The molecule has 19 heavy (non-hydrogen) atoms. The average molecular weight is 267 g/mol. The van der Waals surface area contributed by atoms with Crippen LogP contribution in [0.5, 0.6) is 0 Å². The van der Waals surface area contributed by atoms with Crippen molar-refractivity contribution in [3.05, 3.63) is 16.3 Å². The summed E-state index contributed by atoms with van der Waals surface area (Å²) in [5.41, 5.74) is 0.0146. The molecular weight excluding hydrogens is 246 g/mol. The summed E-state index contributed by atoms with van der Waals surface area (Å²) in [5.74, 6) is 0.956. The first-order valence-corrected chi connectivity index (χ1v) is 6.18. The Morgan fingerprint density at radius 1 is 1.47 bits per heavy atom. The van der Waals surface area contributed by atoms with E-state index in [0.29, 0.717) is 18.4 Å². The van der Waals surface area contributed by atoms with Crippen LogP contribution in [-0.2, 0) is 0 Å². The van der Waals surface area contributed by atoms with Crippen LogP contribution in [0.15, 0.2) is 6.20 Å². The summed E-state index contributed by atoms with van der Waals surface area (Å²) >= 11 is 0. The number of anilines is 2. The predicted molar refractivity (Wildman–Crippen MR) is 75.3 cm³/mol. The zero-order chi connectivity index (χ0) is 14.6. The van der Waals surface area contributed by atoms with Crippen molar-refractivity contribution in [2.24, 2.45) is 11.3 Å². The Bertz CT molecular complexity index is 456. The van der Waals surface area contributed by atoms with Gasteiger partial charge in [-0.25, -0.2) is 4.98 Å². The van der Waals surface area contributed by atoms with Gasteiger partial charge in [0.05, 0.1) is 4.92 Å². The number of hydrogen-bond donors (Lipinski definition) is 2. The van der Waals surface area contributed by atoms with Crippen LogP contribution in [0.1, 0.15) is 27.7 Å². The lowest BCUT2D eigenvalue weighted by molar-refractivity contribution is -0.384. The molecule has 7 heteroatoms. The van der Waals surface area contributed by atoms with Crippen LogP contribution in [0.4, 0.5) is 17.5 Å². The fourth-order valence-corrected chi connectivity index (χ4v) is 1.32. The average Bonchev–Trinajstić information content (AvgIpc) is 2.33. The molecule has 0 fully saturated rings. The van der Waals surface area contributed by atoms with Crippen LogP contribution in [0, 0.1) is 21.4 Å². The zero-order valence-corrected chi connectivity index (χ0v) is 12.0. The highest BCUT2D eigenvalue weighted by molar-refractivity contribution is 5.56. The van der Waals surface area contributed by atoms with E-state index in [1.807, 2.05) is 0 Å². The molecule has 106 valence electrons. The van der Waals surface area contributed by atoms with Gasteiger partial charge < -0.3 is 10.6 Å². The number of aromatic nitrogens is 2. The Hall–Kier alpha value is -1.92. The monoisotopic (exact) mass is 267 g/mol. The van der Waals surface area contributed by atoms with Crippen molar-refractivity contribution < 1.29 is 4.92 Å². The molecule has 1 heterocycles. The SMILES string of the molecule is CNc1ncc([N+](=O)[O-])c(NCC(C)C(C)(C)C)n1. The molecule has 0 saturated carbocycles. The number of nitro groups is 1. The fraction of sp³-hybridized carbons (Fsp3) is 0.667. The van der Waals surface area contributed by atoms with Gasteiger partial charge in [-0.3, -0.25) is 10.1 Å². The third kappa shape index (κ3) is 4.04. The second kappa shape index (κ2) is 5.81. The number of hydrogen-bond acceptors (Lipinski definition) is 6. The molecule has 0 bridgehead atoms. The lowest BCUT2D eigenvalue weighted by Crippen LogP contribution is -2.25. The molecule has 1 atom stereocenters. The summed E-state index contributed by atoms with van der Waals surface area (Å²) < 4.78 is 0. The summed E-state index contributed by atoms with van der Waals surface area (Å²) in [5, 5.41) is 16.7. The van der Waals surface area contributed by atoms with Gasteiger partial charge in [0, 0.05) is 13.6 Å². The van der Waals surface area contributed by atoms with Crippen LogP contribution >= 0.6 is 0 Å². The van der Waals surface area contributed by atoms with E-state index >= 15 is 0 Å². The molecule has 0 spiro atoms. The van der Waals surface area contributed by atoms with Gasteiger partial charge in [0.1, 0.15) is 6.20 Å². The number of nitrogens with zero attached hydrogens (tertiary/aromatic N) is 3. The van der Waals surface area contributed by atoms with Gasteiger partial charge in [-0.2, -0.15) is 4.98 Å². The molecule has 0 aliphatic rings. The number of nitrogens with one attached hydrogen (secondary N) is 2. The number of rotatable bonds is 5. The first kappa shape index (κ1) is 15.1. The largest absolute Gasteiger partial charge is 0.364 e. The fourth-order valence-electron chi connectivity index (χ4n) is 1.32. The van der Waals surface area contributed by atoms with Crippen molar-refractivity contribution in [3.63, 3.8) is 0 Å². The van der Waals surface area contributed by atoms with Gasteiger partial charge in [-0.1, -0.05) is 27.7 Å². The second-order valence-electron chi connectivity index (χ2n) is 5.58. The Balaban J connectivity index is 2.89. The molecule has 1 aromatic heterocycles. The van der Waals surface area contributed by atoms with Gasteiger partial charge in [0.15, 0.2) is 0 Å². The van der Waals surface area contributed by atoms with E-state index in [4.69, 9.17) is 0 Å². The summed E-state index contributed by atoms with van der Waals surface area (Å²) in [4.78, 5) is 18.4. The smallest absolute Gasteiger partial charge is 0.329 e. The van der Waals surface area contributed by atoms with Gasteiger partial charge >= 0.3 is 5.69 Å². The maximum absolute atomic E-state index is 10.9. The van der Waals surface area contributed by atoms with Crippen molar-refractivity contribution in [2.75, 3.05) is 24.2 Å². The second-order valence-corrected chi connectivity index (χ2v) is 5.58. The third-order valence-electron chi connectivity index (χ3n) is 3.24. The van der Waals surface area contributed by atoms with Crippen LogP contribution in [0.3, 0.4) is 0 Å². The maximum atomic E-state index is 10.9. The van der Waals surface area contributed by atoms with E-state index in [2.05, 4.69) is 48.3 Å². The summed E-state index contributed by atoms with van der Waals surface area (Å²) in [6.07, 6.45) is 1.21. The van der Waals surface area contributed by atoms with Crippen LogP contribution in [0.25, 0.3) is 0 Å². The van der Waals surface area contributed by atoms with E-state index < -0.39 is 4.92 Å². The zero-order valence-electron chi connectivity index (χ0n) is 12.0. The van der Waals surface area contributed by atoms with Gasteiger partial charge in [-0.15, -0.1) is 0 Å². The van der Waals surface area contributed by atoms with Crippen LogP contribution < -0.4 is 10.6 Å². The van der Waals surface area contributed by atoms with Crippen LogP contribution in [0.2, 0.25) is 0 Å². The topological polar surface area (TPSA) is 93.0 Å². The molecule has 7 nitrogen and oxygen atoms in total. The molecule has 1 rings (SSSR count). The molecule has 1 aromatic rings. The van der Waals surface area contributed by atoms with Gasteiger partial charge in [0.25, 0.3) is 0 Å². The molecule has 0 saturated heterocycles. The minimum Gasteiger partial charge on any atom is -0.364 e. The minimum atomic E-state index is -0.483. The predicted octanol–water partition coefficient (Wildman–Crippen LogP) is 2.52. The van der Waals surface area contributed by atoms with E-state index in [1.54, 1.807) is 7.05 Å². The highest BCUT2D eigenvalue weighted by Gasteiger charge is 2.22. The molecule has 0 aliphatic carbocycles. The molecule has 1 unspecified atom stereocenters. The first-order valence-electron chi connectivity index (χ1n) is 6.18. The normalized spacial score (nSPS) is 12.9. The molecule has 0 radical (unpaired) electrons. The van der Waals surface area contributed by atoms with Crippen LogP contribution in [-0.4, -0.2) is 28.5 Å². The minimum absolute atomic E-state index is 0.111. The first-order chi connectivity index (χ1) is 8.75. The van der Waals surface area contributed by atoms with Crippen molar-refractivity contribution >= 4 is 17.5 Å². The van der Waals surface area contributed by atoms with Gasteiger partial charge in [0.2, 0.25) is 11.8 Å². The molecule has 2 N–H and O–H groups in total. The Kier molecular flexibility index (Phi) is 4.63. The maximum Gasteiger partial charge on any atom is 0.329 e. The lowest BCUT2D eigenvalue weighted by Gasteiger charge is -2.27. The summed E-state index contributed by atoms with van der Waals surface area (Å²) in [7, 11) is 1.67. The lowest BCUT2D eigenvalue weighted by atomic mass is 9.82. The van der Waals surface area contributed by atoms with E-state index in [-0.39, 0.29) is 16.9 Å². The van der Waals surface area contributed by atoms with Crippen molar-refractivity contribution in [1.82, 2.24) is 9.97 Å². The Morgan fingerprint density at radius 2 is 2.11 bits per heavy atom. The van der Waals surface area contributed by atoms with E-state index in [9.17, 15) is 10.1 Å².